The van der Waals surface area contributed by atoms with Gasteiger partial charge in [0, 0.05) is 17.9 Å². The number of anilines is 2. The predicted molar refractivity (Wildman–Crippen MR) is 68.5 cm³/mol. The van der Waals surface area contributed by atoms with Crippen molar-refractivity contribution in [3.05, 3.63) is 23.8 Å². The second-order valence-corrected chi connectivity index (χ2v) is 5.40. The Hall–Kier alpha value is -1.69. The van der Waals surface area contributed by atoms with E-state index in [1.54, 1.807) is 6.07 Å². The van der Waals surface area contributed by atoms with Crippen molar-refractivity contribution in [3.63, 3.8) is 0 Å². The van der Waals surface area contributed by atoms with Crippen LogP contribution in [0.25, 0.3) is 0 Å². The molecule has 0 aliphatic heterocycles. The van der Waals surface area contributed by atoms with Crippen molar-refractivity contribution in [2.45, 2.75) is 25.7 Å². The van der Waals surface area contributed by atoms with Crippen molar-refractivity contribution in [2.24, 2.45) is 11.3 Å². The molecular weight excluding hydrogens is 210 g/mol. The van der Waals surface area contributed by atoms with Gasteiger partial charge >= 0.3 is 0 Å². The van der Waals surface area contributed by atoms with Crippen molar-refractivity contribution in [1.29, 1.82) is 5.26 Å². The standard InChI is InChI=1S/C14H17N3/c15-8-10-7-12(3-4-13(10)16)17-9-14(5-6-14)11-1-2-11/h3-4,7,11,17H,1-2,5-6,9,16H2. The minimum atomic E-state index is 0.557. The molecule has 0 spiro atoms. The summed E-state index contributed by atoms with van der Waals surface area (Å²) < 4.78 is 0. The number of nitrogens with zero attached hydrogens (tertiary/aromatic N) is 1. The van der Waals surface area contributed by atoms with Gasteiger partial charge in [0.15, 0.2) is 0 Å². The van der Waals surface area contributed by atoms with Crippen LogP contribution in [0.15, 0.2) is 18.2 Å². The first-order valence-electron chi connectivity index (χ1n) is 6.27. The van der Waals surface area contributed by atoms with Crippen molar-refractivity contribution in [3.8, 4) is 6.07 Å². The second kappa shape index (κ2) is 3.66. The molecule has 2 aliphatic rings. The normalized spacial score (nSPS) is 20.6. The molecule has 2 fully saturated rings. The van der Waals surface area contributed by atoms with Gasteiger partial charge < -0.3 is 11.1 Å². The minimum Gasteiger partial charge on any atom is -0.398 e. The zero-order valence-electron chi connectivity index (χ0n) is 9.87. The molecule has 3 nitrogen and oxygen atoms in total. The van der Waals surface area contributed by atoms with Crippen LogP contribution in [0.2, 0.25) is 0 Å². The SMILES string of the molecule is N#Cc1cc(NCC2(C3CC3)CC2)ccc1N. The summed E-state index contributed by atoms with van der Waals surface area (Å²) >= 11 is 0. The average Bonchev–Trinajstić information content (AvgIpc) is 3.19. The molecule has 0 unspecified atom stereocenters. The maximum atomic E-state index is 8.92. The smallest absolute Gasteiger partial charge is 0.101 e. The monoisotopic (exact) mass is 227 g/mol. The average molecular weight is 227 g/mol. The number of nitrogen functional groups attached to an aromatic ring is 1. The van der Waals surface area contributed by atoms with E-state index in [1.807, 2.05) is 12.1 Å². The van der Waals surface area contributed by atoms with Crippen LogP contribution in [0.5, 0.6) is 0 Å². The first kappa shape index (κ1) is 10.5. The maximum absolute atomic E-state index is 8.92. The first-order valence-corrected chi connectivity index (χ1v) is 6.27. The Morgan fingerprint density at radius 3 is 2.76 bits per heavy atom. The fourth-order valence-electron chi connectivity index (χ4n) is 2.63. The topological polar surface area (TPSA) is 61.8 Å². The van der Waals surface area contributed by atoms with Crippen LogP contribution in [0.4, 0.5) is 11.4 Å². The van der Waals surface area contributed by atoms with Gasteiger partial charge in [0.05, 0.1) is 5.56 Å². The Bertz CT molecular complexity index is 479. The van der Waals surface area contributed by atoms with E-state index in [1.165, 1.54) is 25.7 Å². The predicted octanol–water partition coefficient (Wildman–Crippen LogP) is 2.74. The zero-order valence-corrected chi connectivity index (χ0v) is 9.87. The highest BCUT2D eigenvalue weighted by molar-refractivity contribution is 5.61. The molecule has 3 heteroatoms. The highest BCUT2D eigenvalue weighted by atomic mass is 14.9. The number of nitrogens with two attached hydrogens (primary N) is 1. The Morgan fingerprint density at radius 1 is 1.41 bits per heavy atom. The van der Waals surface area contributed by atoms with E-state index in [4.69, 9.17) is 11.0 Å². The van der Waals surface area contributed by atoms with Gasteiger partial charge in [-0.3, -0.25) is 0 Å². The molecule has 0 radical (unpaired) electrons. The highest BCUT2D eigenvalue weighted by Crippen LogP contribution is 2.61. The van der Waals surface area contributed by atoms with Crippen LogP contribution in [-0.2, 0) is 0 Å². The molecule has 3 rings (SSSR count). The van der Waals surface area contributed by atoms with Gasteiger partial charge in [-0.15, -0.1) is 0 Å². The van der Waals surface area contributed by atoms with E-state index in [0.717, 1.165) is 18.2 Å². The fourth-order valence-corrected chi connectivity index (χ4v) is 2.63. The molecular formula is C14H17N3. The van der Waals surface area contributed by atoms with Crippen molar-refractivity contribution < 1.29 is 0 Å². The lowest BCUT2D eigenvalue weighted by atomic mass is 10.0. The summed E-state index contributed by atoms with van der Waals surface area (Å²) in [5, 5.41) is 12.4. The van der Waals surface area contributed by atoms with Crippen LogP contribution >= 0.6 is 0 Å². The summed E-state index contributed by atoms with van der Waals surface area (Å²) in [5.41, 5.74) is 8.41. The Morgan fingerprint density at radius 2 is 2.18 bits per heavy atom. The molecule has 17 heavy (non-hydrogen) atoms. The third kappa shape index (κ3) is 1.95. The minimum absolute atomic E-state index is 0.557. The van der Waals surface area contributed by atoms with Gasteiger partial charge in [0.2, 0.25) is 0 Å². The first-order chi connectivity index (χ1) is 8.23. The Balaban J connectivity index is 1.67. The summed E-state index contributed by atoms with van der Waals surface area (Å²) in [6.45, 7) is 1.05. The van der Waals surface area contributed by atoms with Crippen molar-refractivity contribution in [2.75, 3.05) is 17.6 Å². The van der Waals surface area contributed by atoms with Crippen molar-refractivity contribution >= 4 is 11.4 Å². The quantitative estimate of drug-likeness (QED) is 0.777. The van der Waals surface area contributed by atoms with Gasteiger partial charge in [-0.05, 0) is 55.2 Å². The largest absolute Gasteiger partial charge is 0.398 e. The lowest BCUT2D eigenvalue weighted by Gasteiger charge is -2.16. The number of hydrogen-bond donors (Lipinski definition) is 2. The fraction of sp³-hybridized carbons (Fsp3) is 0.500. The summed E-state index contributed by atoms with van der Waals surface area (Å²) in [6.07, 6.45) is 5.55. The highest BCUT2D eigenvalue weighted by Gasteiger charge is 2.53. The van der Waals surface area contributed by atoms with Gasteiger partial charge in [-0.2, -0.15) is 5.26 Å². The van der Waals surface area contributed by atoms with Gasteiger partial charge in [-0.25, -0.2) is 0 Å². The second-order valence-electron chi connectivity index (χ2n) is 5.40. The lowest BCUT2D eigenvalue weighted by Crippen LogP contribution is -2.17. The summed E-state index contributed by atoms with van der Waals surface area (Å²) in [7, 11) is 0. The van der Waals surface area contributed by atoms with Gasteiger partial charge in [0.1, 0.15) is 6.07 Å². The number of benzene rings is 1. The molecule has 88 valence electrons. The summed E-state index contributed by atoms with van der Waals surface area (Å²) in [4.78, 5) is 0. The van der Waals surface area contributed by atoms with E-state index in [9.17, 15) is 0 Å². The molecule has 0 amide bonds. The lowest BCUT2D eigenvalue weighted by molar-refractivity contribution is 0.467. The molecule has 0 heterocycles. The molecule has 1 aromatic carbocycles. The zero-order chi connectivity index (χ0) is 11.9. The van der Waals surface area contributed by atoms with E-state index in [-0.39, 0.29) is 0 Å². The molecule has 2 saturated carbocycles. The van der Waals surface area contributed by atoms with Crippen LogP contribution in [0, 0.1) is 22.7 Å². The molecule has 1 aromatic rings. The molecule has 0 saturated heterocycles. The van der Waals surface area contributed by atoms with E-state index < -0.39 is 0 Å². The van der Waals surface area contributed by atoms with Gasteiger partial charge in [0.25, 0.3) is 0 Å². The molecule has 0 bridgehead atoms. The summed E-state index contributed by atoms with van der Waals surface area (Å²) in [6, 6.07) is 7.72. The van der Waals surface area contributed by atoms with Crippen LogP contribution in [0.1, 0.15) is 31.2 Å². The Labute approximate surface area is 102 Å². The Kier molecular flexibility index (Phi) is 2.25. The summed E-state index contributed by atoms with van der Waals surface area (Å²) in [5.74, 6) is 0.958. The van der Waals surface area contributed by atoms with E-state index in [2.05, 4.69) is 11.4 Å². The van der Waals surface area contributed by atoms with Gasteiger partial charge in [-0.1, -0.05) is 0 Å². The molecule has 2 aliphatic carbocycles. The van der Waals surface area contributed by atoms with Crippen molar-refractivity contribution in [1.82, 2.24) is 0 Å². The van der Waals surface area contributed by atoms with E-state index in [0.29, 0.717) is 16.7 Å². The molecule has 0 atom stereocenters. The third-order valence-corrected chi connectivity index (χ3v) is 4.15. The number of nitrogens with one attached hydrogen (secondary N) is 1. The number of rotatable bonds is 4. The number of hydrogen-bond acceptors (Lipinski definition) is 3. The van der Waals surface area contributed by atoms with E-state index >= 15 is 0 Å². The number of nitriles is 1. The van der Waals surface area contributed by atoms with Crippen LogP contribution in [-0.4, -0.2) is 6.54 Å². The molecule has 0 aromatic heterocycles. The van der Waals surface area contributed by atoms with Crippen LogP contribution < -0.4 is 11.1 Å². The molecule has 3 N–H and O–H groups in total. The van der Waals surface area contributed by atoms with Crippen LogP contribution in [0.3, 0.4) is 0 Å². The maximum Gasteiger partial charge on any atom is 0.101 e. The third-order valence-electron chi connectivity index (χ3n) is 4.15.